The Bertz CT molecular complexity index is 159. The highest BCUT2D eigenvalue weighted by Gasteiger charge is 1.95. The predicted molar refractivity (Wildman–Crippen MR) is 18.8 cm³/mol. The summed E-state index contributed by atoms with van der Waals surface area (Å²) in [5.41, 5.74) is 0. The van der Waals surface area contributed by atoms with Crippen molar-refractivity contribution in [1.29, 1.82) is 0 Å². The van der Waals surface area contributed by atoms with Crippen LogP contribution < -0.4 is 4.74 Å². The molecule has 0 aromatic carbocycles. The topological polar surface area (TPSA) is 78.1 Å². The van der Waals surface area contributed by atoms with Gasteiger partial charge in [0.25, 0.3) is 0 Å². The SMILES string of the molecule is O=COc1nnno1. The highest BCUT2D eigenvalue weighted by Crippen LogP contribution is 1.95. The van der Waals surface area contributed by atoms with Crippen LogP contribution in [0, 0.1) is 0 Å². The van der Waals surface area contributed by atoms with E-state index in [1.54, 1.807) is 0 Å². The average Bonchev–Trinajstić information content (AvgIpc) is 2.19. The van der Waals surface area contributed by atoms with E-state index in [9.17, 15) is 4.79 Å². The molecule has 1 aromatic heterocycles. The molecular formula is C2HN3O3. The summed E-state index contributed by atoms with van der Waals surface area (Å²) >= 11 is 0. The second kappa shape index (κ2) is 2.01. The van der Waals surface area contributed by atoms with Crippen molar-refractivity contribution in [3.05, 3.63) is 0 Å². The number of carbonyl (C=O) groups is 1. The van der Waals surface area contributed by atoms with Gasteiger partial charge in [-0.3, -0.25) is 9.32 Å². The number of aromatic nitrogens is 3. The summed E-state index contributed by atoms with van der Waals surface area (Å²) in [4.78, 5) is 9.49. The second-order valence-corrected chi connectivity index (χ2v) is 0.842. The lowest BCUT2D eigenvalue weighted by molar-refractivity contribution is -0.122. The minimum absolute atomic E-state index is 0.176. The van der Waals surface area contributed by atoms with Crippen LogP contribution in [0.3, 0.4) is 0 Å². The van der Waals surface area contributed by atoms with Gasteiger partial charge < -0.3 is 4.74 Å². The Morgan fingerprint density at radius 2 is 2.62 bits per heavy atom. The van der Waals surface area contributed by atoms with Gasteiger partial charge in [0, 0.05) is 0 Å². The lowest BCUT2D eigenvalue weighted by atomic mass is 11.3. The minimum atomic E-state index is -0.250. The number of ether oxygens (including phenoxy) is 1. The van der Waals surface area contributed by atoms with E-state index in [1.165, 1.54) is 0 Å². The summed E-state index contributed by atoms with van der Waals surface area (Å²) < 4.78 is 8.21. The smallest absolute Gasteiger partial charge is 0.377 e. The van der Waals surface area contributed by atoms with Crippen molar-refractivity contribution >= 4 is 6.47 Å². The van der Waals surface area contributed by atoms with E-state index in [-0.39, 0.29) is 12.5 Å². The van der Waals surface area contributed by atoms with Crippen LogP contribution in [0.2, 0.25) is 0 Å². The average molecular weight is 115 g/mol. The summed E-state index contributed by atoms with van der Waals surface area (Å²) in [6.07, 6.45) is -0.250. The van der Waals surface area contributed by atoms with E-state index in [0.717, 1.165) is 0 Å². The molecule has 0 saturated carbocycles. The van der Waals surface area contributed by atoms with Gasteiger partial charge in [0.1, 0.15) is 0 Å². The molecule has 0 amide bonds. The van der Waals surface area contributed by atoms with Crippen LogP contribution in [-0.2, 0) is 4.79 Å². The van der Waals surface area contributed by atoms with Crippen molar-refractivity contribution in [3.63, 3.8) is 0 Å². The van der Waals surface area contributed by atoms with Gasteiger partial charge in [-0.1, -0.05) is 0 Å². The highest BCUT2D eigenvalue weighted by atomic mass is 16.7. The summed E-state index contributed by atoms with van der Waals surface area (Å²) in [6, 6.07) is 0. The fraction of sp³-hybridized carbons (Fsp3) is 0. The maximum atomic E-state index is 9.49. The Kier molecular flexibility index (Phi) is 1.18. The van der Waals surface area contributed by atoms with Crippen molar-refractivity contribution < 1.29 is 14.1 Å². The number of nitrogens with zero attached hydrogens (tertiary/aromatic N) is 3. The quantitative estimate of drug-likeness (QED) is 0.460. The van der Waals surface area contributed by atoms with Gasteiger partial charge in [-0.05, 0) is 10.3 Å². The van der Waals surface area contributed by atoms with E-state index < -0.39 is 0 Å². The first kappa shape index (κ1) is 4.69. The van der Waals surface area contributed by atoms with Crippen LogP contribution >= 0.6 is 0 Å². The standard InChI is InChI=1S/C2HN3O3/c6-1-7-2-3-4-5-8-2/h1H. The molecule has 0 bridgehead atoms. The molecule has 42 valence electrons. The molecule has 0 aliphatic rings. The van der Waals surface area contributed by atoms with Crippen molar-refractivity contribution in [2.45, 2.75) is 0 Å². The molecule has 1 heterocycles. The largest absolute Gasteiger partial charge is 0.445 e. The number of rotatable bonds is 2. The molecule has 6 heteroatoms. The van der Waals surface area contributed by atoms with E-state index in [0.29, 0.717) is 0 Å². The Hall–Kier alpha value is -1.46. The number of hydrogen-bond acceptors (Lipinski definition) is 6. The summed E-state index contributed by atoms with van der Waals surface area (Å²) in [5, 5.41) is 9.04. The molecule has 6 nitrogen and oxygen atoms in total. The van der Waals surface area contributed by atoms with Gasteiger partial charge in [0.2, 0.25) is 0 Å². The lowest BCUT2D eigenvalue weighted by Gasteiger charge is -1.77. The molecule has 0 saturated heterocycles. The van der Waals surface area contributed by atoms with E-state index >= 15 is 0 Å². The normalized spacial score (nSPS) is 8.50. The highest BCUT2D eigenvalue weighted by molar-refractivity contribution is 5.40. The molecule has 0 aliphatic carbocycles. The zero-order valence-corrected chi connectivity index (χ0v) is 3.64. The third-order valence-corrected chi connectivity index (χ3v) is 0.431. The Labute approximate surface area is 43.4 Å². The van der Waals surface area contributed by atoms with Crippen molar-refractivity contribution in [2.75, 3.05) is 0 Å². The van der Waals surface area contributed by atoms with E-state index in [2.05, 4.69) is 24.8 Å². The predicted octanol–water partition coefficient (Wildman–Crippen LogP) is -1.00. The molecular weight excluding hydrogens is 114 g/mol. The Morgan fingerprint density at radius 3 is 3.12 bits per heavy atom. The van der Waals surface area contributed by atoms with Crippen LogP contribution in [-0.4, -0.2) is 22.1 Å². The molecule has 0 N–H and O–H groups in total. The molecule has 8 heavy (non-hydrogen) atoms. The molecule has 1 rings (SSSR count). The third-order valence-electron chi connectivity index (χ3n) is 0.431. The van der Waals surface area contributed by atoms with Crippen molar-refractivity contribution in [2.24, 2.45) is 0 Å². The van der Waals surface area contributed by atoms with Gasteiger partial charge in [-0.25, -0.2) is 0 Å². The van der Waals surface area contributed by atoms with Gasteiger partial charge in [0.05, 0.1) is 5.27 Å². The zero-order valence-electron chi connectivity index (χ0n) is 3.64. The summed E-state index contributed by atoms with van der Waals surface area (Å²) in [7, 11) is 0. The van der Waals surface area contributed by atoms with Gasteiger partial charge in [0.15, 0.2) is 0 Å². The zero-order chi connectivity index (χ0) is 5.82. The molecule has 0 unspecified atom stereocenters. The maximum Gasteiger partial charge on any atom is 0.445 e. The van der Waals surface area contributed by atoms with Gasteiger partial charge in [-0.2, -0.15) is 0 Å². The number of hydrogen-bond donors (Lipinski definition) is 0. The Balaban J connectivity index is 2.62. The van der Waals surface area contributed by atoms with E-state index in [1.807, 2.05) is 0 Å². The lowest BCUT2D eigenvalue weighted by Crippen LogP contribution is -1.87. The first-order valence-electron chi connectivity index (χ1n) is 1.69. The maximum absolute atomic E-state index is 9.49. The summed E-state index contributed by atoms with van der Waals surface area (Å²) in [6.45, 7) is 0.176. The van der Waals surface area contributed by atoms with Crippen molar-refractivity contribution in [3.8, 4) is 6.08 Å². The fourth-order valence-electron chi connectivity index (χ4n) is 0.212. The molecule has 0 atom stereocenters. The fourth-order valence-corrected chi connectivity index (χ4v) is 0.212. The van der Waals surface area contributed by atoms with Gasteiger partial charge >= 0.3 is 12.5 Å². The molecule has 0 aliphatic heterocycles. The molecule has 0 fully saturated rings. The molecule has 1 aromatic rings. The van der Waals surface area contributed by atoms with Crippen molar-refractivity contribution in [1.82, 2.24) is 15.6 Å². The van der Waals surface area contributed by atoms with E-state index in [4.69, 9.17) is 0 Å². The molecule has 0 spiro atoms. The van der Waals surface area contributed by atoms with Crippen LogP contribution in [0.15, 0.2) is 4.52 Å². The Morgan fingerprint density at radius 1 is 1.75 bits per heavy atom. The van der Waals surface area contributed by atoms with Crippen LogP contribution in [0.4, 0.5) is 0 Å². The first-order valence-corrected chi connectivity index (χ1v) is 1.69. The second-order valence-electron chi connectivity index (χ2n) is 0.842. The van der Waals surface area contributed by atoms with Gasteiger partial charge in [-0.15, -0.1) is 0 Å². The van der Waals surface area contributed by atoms with Crippen LogP contribution in [0.25, 0.3) is 0 Å². The third kappa shape index (κ3) is 0.780. The number of carbonyl (C=O) groups excluding carboxylic acids is 1. The molecule has 0 radical (unpaired) electrons. The monoisotopic (exact) mass is 115 g/mol. The minimum Gasteiger partial charge on any atom is -0.377 e. The van der Waals surface area contributed by atoms with Crippen LogP contribution in [0.5, 0.6) is 6.08 Å². The summed E-state index contributed by atoms with van der Waals surface area (Å²) in [5.74, 6) is 0. The van der Waals surface area contributed by atoms with Crippen LogP contribution in [0.1, 0.15) is 0 Å². The first-order chi connectivity index (χ1) is 3.93.